The van der Waals surface area contributed by atoms with E-state index in [0.717, 1.165) is 0 Å². The number of rotatable bonds is 4. The number of nitrogens with one attached hydrogen (secondary N) is 1. The Kier molecular flexibility index (Phi) is 5.00. The maximum Gasteiger partial charge on any atom is 0.280 e. The third-order valence-corrected chi connectivity index (χ3v) is 5.05. The highest BCUT2D eigenvalue weighted by Crippen LogP contribution is 2.38. The second-order valence-electron chi connectivity index (χ2n) is 6.37. The van der Waals surface area contributed by atoms with Gasteiger partial charge in [-0.05, 0) is 30.3 Å². The minimum atomic E-state index is -0.791. The summed E-state index contributed by atoms with van der Waals surface area (Å²) in [6.45, 7) is 0. The van der Waals surface area contributed by atoms with Gasteiger partial charge in [-0.1, -0.05) is 30.3 Å². The smallest absolute Gasteiger partial charge is 0.280 e. The van der Waals surface area contributed by atoms with Crippen LogP contribution in [0.1, 0.15) is 11.9 Å². The Morgan fingerprint density at radius 2 is 1.80 bits per heavy atom. The minimum absolute atomic E-state index is 0.0902. The van der Waals surface area contributed by atoms with E-state index in [1.54, 1.807) is 35.2 Å². The van der Waals surface area contributed by atoms with Crippen molar-refractivity contribution in [2.45, 2.75) is 6.17 Å². The third-order valence-electron chi connectivity index (χ3n) is 4.61. The van der Waals surface area contributed by atoms with Crippen LogP contribution in [0.15, 0.2) is 81.7 Å². The molecule has 0 unspecified atom stereocenters. The molecule has 9 heteroatoms. The maximum absolute atomic E-state index is 12.4. The van der Waals surface area contributed by atoms with Crippen molar-refractivity contribution < 1.29 is 14.1 Å². The van der Waals surface area contributed by atoms with Crippen LogP contribution in [-0.4, -0.2) is 10.8 Å². The summed E-state index contributed by atoms with van der Waals surface area (Å²) in [5.74, 6) is 0.0440. The zero-order valence-corrected chi connectivity index (χ0v) is 16.2. The van der Waals surface area contributed by atoms with Crippen LogP contribution in [0.25, 0.3) is 11.3 Å². The van der Waals surface area contributed by atoms with E-state index >= 15 is 0 Å². The zero-order chi connectivity index (χ0) is 21.3. The first-order chi connectivity index (χ1) is 14.5. The third kappa shape index (κ3) is 3.29. The lowest BCUT2D eigenvalue weighted by molar-refractivity contribution is -0.384. The number of para-hydroxylation sites is 2. The van der Waals surface area contributed by atoms with Gasteiger partial charge in [0.25, 0.3) is 11.6 Å². The van der Waals surface area contributed by atoms with E-state index in [4.69, 9.17) is 4.42 Å². The quantitative estimate of drug-likeness (QED) is 0.374. The highest BCUT2D eigenvalue weighted by Gasteiger charge is 2.36. The van der Waals surface area contributed by atoms with Crippen LogP contribution in [0, 0.1) is 21.4 Å². The molecule has 0 fully saturated rings. The number of anilines is 1. The van der Waals surface area contributed by atoms with E-state index in [2.05, 4.69) is 17.9 Å². The van der Waals surface area contributed by atoms with Crippen LogP contribution in [0.5, 0.6) is 0 Å². The fourth-order valence-corrected chi connectivity index (χ4v) is 3.63. The second kappa shape index (κ2) is 7.77. The molecule has 0 aliphatic carbocycles. The monoisotopic (exact) mass is 418 g/mol. The van der Waals surface area contributed by atoms with E-state index in [1.165, 1.54) is 6.07 Å². The first-order valence-electron chi connectivity index (χ1n) is 8.83. The van der Waals surface area contributed by atoms with E-state index in [9.17, 15) is 20.2 Å². The van der Waals surface area contributed by atoms with Gasteiger partial charge in [0.2, 0.25) is 0 Å². The highest BCUT2D eigenvalue weighted by molar-refractivity contribution is 7.84. The van der Waals surface area contributed by atoms with Gasteiger partial charge in [0.1, 0.15) is 23.2 Å². The maximum atomic E-state index is 12.4. The van der Waals surface area contributed by atoms with Gasteiger partial charge in [0, 0.05) is 11.8 Å². The molecule has 1 N–H and O–H groups in total. The van der Waals surface area contributed by atoms with Crippen molar-refractivity contribution >= 4 is 29.9 Å². The van der Waals surface area contributed by atoms with Crippen molar-refractivity contribution in [1.29, 1.82) is 5.26 Å². The van der Waals surface area contributed by atoms with Crippen molar-refractivity contribution in [1.82, 2.24) is 5.32 Å². The molecule has 0 bridgehead atoms. The largest absolute Gasteiger partial charge is 0.457 e. The van der Waals surface area contributed by atoms with Crippen molar-refractivity contribution in [2.24, 2.45) is 0 Å². The molecule has 1 amide bonds. The fraction of sp³-hybridized carbons (Fsp3) is 0.0476. The predicted molar refractivity (Wildman–Crippen MR) is 112 cm³/mol. The highest BCUT2D eigenvalue weighted by atomic mass is 32.1. The molecular weight excluding hydrogens is 404 g/mol. The number of nitro benzene ring substituents is 1. The Morgan fingerprint density at radius 3 is 2.50 bits per heavy atom. The van der Waals surface area contributed by atoms with Crippen LogP contribution in [-0.2, 0) is 4.79 Å². The van der Waals surface area contributed by atoms with Crippen molar-refractivity contribution in [3.63, 3.8) is 0 Å². The number of nitriles is 1. The normalized spacial score (nSPS) is 16.2. The van der Waals surface area contributed by atoms with Gasteiger partial charge in [0.05, 0.1) is 15.5 Å². The summed E-state index contributed by atoms with van der Waals surface area (Å²) in [5.41, 5.74) is 0.793. The molecule has 4 rings (SSSR count). The average Bonchev–Trinajstić information content (AvgIpc) is 3.24. The second-order valence-corrected chi connectivity index (χ2v) is 6.79. The van der Waals surface area contributed by atoms with Crippen LogP contribution >= 0.6 is 12.6 Å². The molecule has 148 valence electrons. The summed E-state index contributed by atoms with van der Waals surface area (Å²) >= 11 is 4.42. The SMILES string of the molecule is N#CC1=C(S)N(c2ccccc2)[C@H](c2ccc(-c3ccccc3[N+](=O)[O-])o2)NC1=O. The molecule has 8 nitrogen and oxygen atoms in total. The first-order valence-corrected chi connectivity index (χ1v) is 9.28. The molecule has 0 saturated carbocycles. The van der Waals surface area contributed by atoms with Crippen LogP contribution in [0.3, 0.4) is 0 Å². The van der Waals surface area contributed by atoms with Crippen LogP contribution < -0.4 is 10.2 Å². The van der Waals surface area contributed by atoms with E-state index < -0.39 is 17.0 Å². The molecule has 1 aliphatic rings. The van der Waals surface area contributed by atoms with Gasteiger partial charge < -0.3 is 14.6 Å². The Labute approximate surface area is 176 Å². The summed E-state index contributed by atoms with van der Waals surface area (Å²) in [5, 5.41) is 23.6. The number of amides is 1. The molecule has 2 aromatic carbocycles. The lowest BCUT2D eigenvalue weighted by atomic mass is 10.1. The standard InChI is InChI=1S/C21H14N4O4S/c22-12-15-20(26)23-19(24(21(15)30)13-6-2-1-3-7-13)18-11-10-17(29-18)14-8-4-5-9-16(14)25(27)28/h1-11,19,30H,(H,23,26)/t19-/m1/s1. The number of hydrogen-bond donors (Lipinski definition) is 2. The summed E-state index contributed by atoms with van der Waals surface area (Å²) in [4.78, 5) is 24.9. The lowest BCUT2D eigenvalue weighted by Crippen LogP contribution is -2.45. The number of carbonyl (C=O) groups is 1. The van der Waals surface area contributed by atoms with Gasteiger partial charge in [-0.25, -0.2) is 0 Å². The molecule has 1 atom stereocenters. The van der Waals surface area contributed by atoms with Crippen molar-refractivity contribution in [3.05, 3.63) is 93.2 Å². The summed E-state index contributed by atoms with van der Waals surface area (Å²) in [7, 11) is 0. The Balaban J connectivity index is 1.81. The van der Waals surface area contributed by atoms with E-state index in [0.29, 0.717) is 17.0 Å². The van der Waals surface area contributed by atoms with Gasteiger partial charge in [0.15, 0.2) is 6.17 Å². The average molecular weight is 418 g/mol. The molecular formula is C21H14N4O4S. The number of carbonyl (C=O) groups excluding carboxylic acids is 1. The lowest BCUT2D eigenvalue weighted by Gasteiger charge is -2.36. The summed E-state index contributed by atoms with van der Waals surface area (Å²) in [6, 6.07) is 20.4. The predicted octanol–water partition coefficient (Wildman–Crippen LogP) is 4.15. The van der Waals surface area contributed by atoms with E-state index in [1.807, 2.05) is 36.4 Å². The van der Waals surface area contributed by atoms with Gasteiger partial charge in [-0.3, -0.25) is 14.9 Å². The minimum Gasteiger partial charge on any atom is -0.457 e. The Bertz CT molecular complexity index is 1210. The summed E-state index contributed by atoms with van der Waals surface area (Å²) < 4.78 is 5.92. The molecule has 0 saturated heterocycles. The number of nitro groups is 1. The Hall–Kier alpha value is -4.03. The molecule has 1 aliphatic heterocycles. The number of nitrogens with zero attached hydrogens (tertiary/aromatic N) is 3. The number of furan rings is 1. The number of thiol groups is 1. The molecule has 3 aromatic rings. The fourth-order valence-electron chi connectivity index (χ4n) is 3.25. The number of hydrogen-bond acceptors (Lipinski definition) is 7. The van der Waals surface area contributed by atoms with Crippen molar-refractivity contribution in [2.75, 3.05) is 4.90 Å². The van der Waals surface area contributed by atoms with Gasteiger partial charge >= 0.3 is 0 Å². The molecule has 0 spiro atoms. The topological polar surface area (TPSA) is 112 Å². The molecule has 1 aromatic heterocycles. The van der Waals surface area contributed by atoms with Crippen molar-refractivity contribution in [3.8, 4) is 17.4 Å². The van der Waals surface area contributed by atoms with Crippen LogP contribution in [0.2, 0.25) is 0 Å². The van der Waals surface area contributed by atoms with E-state index in [-0.39, 0.29) is 22.0 Å². The van der Waals surface area contributed by atoms with Gasteiger partial charge in [-0.15, -0.1) is 12.6 Å². The van der Waals surface area contributed by atoms with Crippen LogP contribution in [0.4, 0.5) is 11.4 Å². The Morgan fingerprint density at radius 1 is 1.10 bits per heavy atom. The molecule has 2 heterocycles. The number of benzene rings is 2. The molecule has 30 heavy (non-hydrogen) atoms. The zero-order valence-electron chi connectivity index (χ0n) is 15.4. The molecule has 0 radical (unpaired) electrons. The van der Waals surface area contributed by atoms with Gasteiger partial charge in [-0.2, -0.15) is 5.26 Å². The summed E-state index contributed by atoms with van der Waals surface area (Å²) in [6.07, 6.45) is -0.791. The first kappa shape index (κ1) is 19.3.